The van der Waals surface area contributed by atoms with Gasteiger partial charge in [-0.2, -0.15) is 0 Å². The molecular formula is C16H15F2N. The summed E-state index contributed by atoms with van der Waals surface area (Å²) in [5.41, 5.74) is 2.44. The zero-order chi connectivity index (χ0) is 13.8. The topological polar surface area (TPSA) is 3.24 Å². The summed E-state index contributed by atoms with van der Waals surface area (Å²) in [4.78, 5) is 2.01. The van der Waals surface area contributed by atoms with E-state index in [2.05, 4.69) is 0 Å². The van der Waals surface area contributed by atoms with E-state index in [1.165, 1.54) is 12.1 Å². The van der Waals surface area contributed by atoms with E-state index in [1.54, 1.807) is 12.2 Å². The SMILES string of the molecule is CN(C)c1ccc(/C=C/c2ccc(F)cc2F)cc1. The minimum atomic E-state index is -0.565. The number of nitrogens with zero attached hydrogens (tertiary/aromatic N) is 1. The number of benzene rings is 2. The maximum atomic E-state index is 13.4. The highest BCUT2D eigenvalue weighted by molar-refractivity contribution is 5.70. The maximum Gasteiger partial charge on any atom is 0.133 e. The van der Waals surface area contributed by atoms with Crippen LogP contribution < -0.4 is 4.90 Å². The van der Waals surface area contributed by atoms with Gasteiger partial charge in [-0.05, 0) is 29.8 Å². The van der Waals surface area contributed by atoms with Gasteiger partial charge < -0.3 is 4.90 Å². The molecule has 0 radical (unpaired) electrons. The van der Waals surface area contributed by atoms with Gasteiger partial charge in [-0.15, -0.1) is 0 Å². The van der Waals surface area contributed by atoms with Crippen LogP contribution >= 0.6 is 0 Å². The molecule has 0 aliphatic heterocycles. The molecule has 0 N–H and O–H groups in total. The zero-order valence-electron chi connectivity index (χ0n) is 10.9. The van der Waals surface area contributed by atoms with Crippen molar-refractivity contribution in [3.8, 4) is 0 Å². The quantitative estimate of drug-likeness (QED) is 0.747. The lowest BCUT2D eigenvalue weighted by atomic mass is 10.1. The Labute approximate surface area is 111 Å². The first-order valence-electron chi connectivity index (χ1n) is 5.97. The van der Waals surface area contributed by atoms with Crippen LogP contribution in [0.25, 0.3) is 12.2 Å². The fraction of sp³-hybridized carbons (Fsp3) is 0.125. The standard InChI is InChI=1S/C16H15F2N/c1-19(2)15-9-4-12(5-10-15)3-6-13-7-8-14(17)11-16(13)18/h3-11H,1-2H3/b6-3+. The molecule has 1 nitrogen and oxygen atoms in total. The van der Waals surface area contributed by atoms with E-state index in [-0.39, 0.29) is 0 Å². The lowest BCUT2D eigenvalue weighted by Gasteiger charge is -2.11. The monoisotopic (exact) mass is 259 g/mol. The normalized spacial score (nSPS) is 10.9. The number of halogens is 2. The number of anilines is 1. The third-order valence-corrected chi connectivity index (χ3v) is 2.83. The van der Waals surface area contributed by atoms with Gasteiger partial charge in [0.1, 0.15) is 11.6 Å². The Morgan fingerprint density at radius 2 is 1.58 bits per heavy atom. The van der Waals surface area contributed by atoms with E-state index in [0.717, 1.165) is 17.3 Å². The second kappa shape index (κ2) is 5.65. The third kappa shape index (κ3) is 3.41. The van der Waals surface area contributed by atoms with Gasteiger partial charge >= 0.3 is 0 Å². The predicted molar refractivity (Wildman–Crippen MR) is 76.1 cm³/mol. The van der Waals surface area contributed by atoms with Crippen molar-refractivity contribution in [2.45, 2.75) is 0 Å². The number of rotatable bonds is 3. The van der Waals surface area contributed by atoms with Crippen molar-refractivity contribution in [2.24, 2.45) is 0 Å². The molecule has 0 saturated carbocycles. The van der Waals surface area contributed by atoms with Crippen molar-refractivity contribution in [1.82, 2.24) is 0 Å². The number of hydrogen-bond donors (Lipinski definition) is 0. The van der Waals surface area contributed by atoms with Gasteiger partial charge in [-0.3, -0.25) is 0 Å². The molecule has 98 valence electrons. The largest absolute Gasteiger partial charge is 0.378 e. The highest BCUT2D eigenvalue weighted by Crippen LogP contribution is 2.16. The van der Waals surface area contributed by atoms with Crippen LogP contribution in [0.2, 0.25) is 0 Å². The first-order chi connectivity index (χ1) is 9.06. The minimum Gasteiger partial charge on any atom is -0.378 e. The van der Waals surface area contributed by atoms with Crippen molar-refractivity contribution in [2.75, 3.05) is 19.0 Å². The van der Waals surface area contributed by atoms with E-state index in [1.807, 2.05) is 43.3 Å². The van der Waals surface area contributed by atoms with Crippen molar-refractivity contribution >= 4 is 17.8 Å². The summed E-state index contributed by atoms with van der Waals surface area (Å²) in [6, 6.07) is 11.4. The lowest BCUT2D eigenvalue weighted by molar-refractivity contribution is 0.581. The van der Waals surface area contributed by atoms with Crippen LogP contribution in [0, 0.1) is 11.6 Å². The van der Waals surface area contributed by atoms with Crippen molar-refractivity contribution in [3.63, 3.8) is 0 Å². The molecule has 2 aromatic carbocycles. The summed E-state index contributed by atoms with van der Waals surface area (Å²) in [6.07, 6.45) is 3.44. The van der Waals surface area contributed by atoms with E-state index in [4.69, 9.17) is 0 Å². The van der Waals surface area contributed by atoms with Crippen LogP contribution in [0.15, 0.2) is 42.5 Å². The molecular weight excluding hydrogens is 244 g/mol. The van der Waals surface area contributed by atoms with Crippen molar-refractivity contribution in [3.05, 3.63) is 65.2 Å². The molecule has 0 fully saturated rings. The van der Waals surface area contributed by atoms with Gasteiger partial charge in [0.25, 0.3) is 0 Å². The molecule has 0 aliphatic carbocycles. The molecule has 0 bridgehead atoms. The van der Waals surface area contributed by atoms with Gasteiger partial charge in [-0.25, -0.2) is 8.78 Å². The molecule has 0 saturated heterocycles. The first kappa shape index (κ1) is 13.3. The molecule has 0 unspecified atom stereocenters. The average molecular weight is 259 g/mol. The molecule has 0 atom stereocenters. The zero-order valence-corrected chi connectivity index (χ0v) is 10.9. The molecule has 0 amide bonds. The molecule has 0 heterocycles. The molecule has 2 aromatic rings. The summed E-state index contributed by atoms with van der Waals surface area (Å²) in [6.45, 7) is 0. The Bertz CT molecular complexity index is 586. The van der Waals surface area contributed by atoms with Crippen molar-refractivity contribution < 1.29 is 8.78 Å². The Morgan fingerprint density at radius 1 is 0.895 bits per heavy atom. The Morgan fingerprint density at radius 3 is 2.16 bits per heavy atom. The Kier molecular flexibility index (Phi) is 3.95. The molecule has 0 aliphatic rings. The van der Waals surface area contributed by atoms with Gasteiger partial charge in [0.05, 0.1) is 0 Å². The van der Waals surface area contributed by atoms with Gasteiger partial charge in [0.2, 0.25) is 0 Å². The molecule has 0 aromatic heterocycles. The predicted octanol–water partition coefficient (Wildman–Crippen LogP) is 4.20. The van der Waals surface area contributed by atoms with Crippen LogP contribution in [0.1, 0.15) is 11.1 Å². The maximum absolute atomic E-state index is 13.4. The minimum absolute atomic E-state index is 0.373. The van der Waals surface area contributed by atoms with Gasteiger partial charge in [-0.1, -0.05) is 24.3 Å². The lowest BCUT2D eigenvalue weighted by Crippen LogP contribution is -2.07. The fourth-order valence-electron chi connectivity index (χ4n) is 1.71. The summed E-state index contributed by atoms with van der Waals surface area (Å²) < 4.78 is 26.2. The van der Waals surface area contributed by atoms with Crippen LogP contribution in [0.3, 0.4) is 0 Å². The summed E-state index contributed by atoms with van der Waals surface area (Å²) in [7, 11) is 3.94. The second-order valence-electron chi connectivity index (χ2n) is 4.49. The van der Waals surface area contributed by atoms with Crippen LogP contribution in [-0.2, 0) is 0 Å². The van der Waals surface area contributed by atoms with Crippen molar-refractivity contribution in [1.29, 1.82) is 0 Å². The van der Waals surface area contributed by atoms with E-state index in [9.17, 15) is 8.78 Å². The van der Waals surface area contributed by atoms with Gasteiger partial charge in [0.15, 0.2) is 0 Å². The summed E-state index contributed by atoms with van der Waals surface area (Å²) in [5.74, 6) is -1.12. The molecule has 19 heavy (non-hydrogen) atoms. The van der Waals surface area contributed by atoms with E-state index < -0.39 is 11.6 Å². The first-order valence-corrected chi connectivity index (χ1v) is 5.97. The van der Waals surface area contributed by atoms with Crippen LogP contribution in [0.4, 0.5) is 14.5 Å². The smallest absolute Gasteiger partial charge is 0.133 e. The number of hydrogen-bond acceptors (Lipinski definition) is 1. The average Bonchev–Trinajstić information content (AvgIpc) is 2.38. The van der Waals surface area contributed by atoms with E-state index in [0.29, 0.717) is 5.56 Å². The molecule has 3 heteroatoms. The second-order valence-corrected chi connectivity index (χ2v) is 4.49. The summed E-state index contributed by atoms with van der Waals surface area (Å²) in [5, 5.41) is 0. The Hall–Kier alpha value is -2.16. The Balaban J connectivity index is 2.18. The van der Waals surface area contributed by atoms with Gasteiger partial charge in [0, 0.05) is 31.4 Å². The highest BCUT2D eigenvalue weighted by atomic mass is 19.1. The summed E-state index contributed by atoms with van der Waals surface area (Å²) >= 11 is 0. The van der Waals surface area contributed by atoms with Crippen LogP contribution in [-0.4, -0.2) is 14.1 Å². The molecule has 0 spiro atoms. The van der Waals surface area contributed by atoms with Crippen LogP contribution in [0.5, 0.6) is 0 Å². The fourth-order valence-corrected chi connectivity index (χ4v) is 1.71. The molecule has 2 rings (SSSR count). The third-order valence-electron chi connectivity index (χ3n) is 2.83. The van der Waals surface area contributed by atoms with E-state index >= 15 is 0 Å². The highest BCUT2D eigenvalue weighted by Gasteiger charge is 2.00.